The van der Waals surface area contributed by atoms with Gasteiger partial charge in [0.1, 0.15) is 11.2 Å². The highest BCUT2D eigenvalue weighted by Crippen LogP contribution is 2.45. The molecule has 0 spiro atoms. The molecule has 45 heavy (non-hydrogen) atoms. The first-order chi connectivity index (χ1) is 22.3. The Balaban J connectivity index is 1.25. The Morgan fingerprint density at radius 1 is 0.267 bits per heavy atom. The Hall–Kier alpha value is -5.92. The number of furan rings is 1. The van der Waals surface area contributed by atoms with Crippen molar-refractivity contribution < 1.29 is 4.42 Å². The molecule has 0 radical (unpaired) electrons. The third kappa shape index (κ3) is 3.62. The first-order valence-corrected chi connectivity index (χ1v) is 15.5. The molecular weight excluding hydrogens is 544 g/mol. The van der Waals surface area contributed by atoms with E-state index in [0.29, 0.717) is 0 Å². The lowest BCUT2D eigenvalue weighted by atomic mass is 9.85. The molecule has 0 saturated carbocycles. The first-order valence-electron chi connectivity index (χ1n) is 15.5. The fourth-order valence-corrected chi connectivity index (χ4v) is 7.53. The van der Waals surface area contributed by atoms with Crippen LogP contribution in [-0.4, -0.2) is 0 Å². The van der Waals surface area contributed by atoms with Crippen LogP contribution in [0, 0.1) is 0 Å². The summed E-state index contributed by atoms with van der Waals surface area (Å²) in [5, 5.41) is 14.8. The van der Waals surface area contributed by atoms with Crippen molar-refractivity contribution in [2.75, 3.05) is 0 Å². The summed E-state index contributed by atoms with van der Waals surface area (Å²) >= 11 is 0. The van der Waals surface area contributed by atoms with Crippen molar-refractivity contribution in [1.29, 1.82) is 0 Å². The monoisotopic (exact) mass is 570 g/mol. The Morgan fingerprint density at radius 2 is 0.733 bits per heavy atom. The predicted octanol–water partition coefficient (Wildman–Crippen LogP) is 12.7. The molecule has 10 rings (SSSR count). The van der Waals surface area contributed by atoms with E-state index in [4.69, 9.17) is 4.42 Å². The van der Waals surface area contributed by atoms with E-state index in [1.165, 1.54) is 70.6 Å². The van der Waals surface area contributed by atoms with Crippen LogP contribution in [0.4, 0.5) is 0 Å². The molecule has 1 nitrogen and oxygen atoms in total. The smallest absolute Gasteiger partial charge is 0.136 e. The minimum atomic E-state index is 0.913. The van der Waals surface area contributed by atoms with Crippen LogP contribution in [-0.2, 0) is 0 Å². The summed E-state index contributed by atoms with van der Waals surface area (Å²) in [6.07, 6.45) is 0. The zero-order valence-electron chi connectivity index (χ0n) is 24.4. The minimum absolute atomic E-state index is 0.913. The molecule has 0 aliphatic rings. The van der Waals surface area contributed by atoms with Crippen molar-refractivity contribution in [3.8, 4) is 22.3 Å². The van der Waals surface area contributed by atoms with Gasteiger partial charge in [-0.15, -0.1) is 0 Å². The minimum Gasteiger partial charge on any atom is -0.456 e. The lowest BCUT2D eigenvalue weighted by Gasteiger charge is -2.18. The number of hydrogen-bond acceptors (Lipinski definition) is 1. The molecule has 0 atom stereocenters. The second-order valence-corrected chi connectivity index (χ2v) is 12.1. The summed E-state index contributed by atoms with van der Waals surface area (Å²) in [4.78, 5) is 0. The van der Waals surface area contributed by atoms with Gasteiger partial charge in [-0.1, -0.05) is 127 Å². The van der Waals surface area contributed by atoms with E-state index < -0.39 is 0 Å². The van der Waals surface area contributed by atoms with E-state index in [2.05, 4.69) is 158 Å². The highest BCUT2D eigenvalue weighted by atomic mass is 16.3. The molecule has 0 N–H and O–H groups in total. The van der Waals surface area contributed by atoms with Crippen LogP contribution < -0.4 is 0 Å². The van der Waals surface area contributed by atoms with Gasteiger partial charge in [0.25, 0.3) is 0 Å². The van der Waals surface area contributed by atoms with Crippen molar-refractivity contribution in [3.63, 3.8) is 0 Å². The van der Waals surface area contributed by atoms with Gasteiger partial charge < -0.3 is 4.42 Å². The number of fused-ring (bicyclic) bond motifs is 9. The van der Waals surface area contributed by atoms with Crippen LogP contribution in [0.3, 0.4) is 0 Å². The van der Waals surface area contributed by atoms with Crippen LogP contribution in [0.25, 0.3) is 98.1 Å². The van der Waals surface area contributed by atoms with Crippen molar-refractivity contribution in [2.24, 2.45) is 0 Å². The summed E-state index contributed by atoms with van der Waals surface area (Å²) in [5.74, 6) is 0. The van der Waals surface area contributed by atoms with E-state index in [9.17, 15) is 0 Å². The van der Waals surface area contributed by atoms with Gasteiger partial charge in [0.05, 0.1) is 0 Å². The molecule has 10 aromatic rings. The second kappa shape index (κ2) is 9.29. The van der Waals surface area contributed by atoms with Crippen molar-refractivity contribution in [2.45, 2.75) is 0 Å². The molecule has 0 saturated heterocycles. The predicted molar refractivity (Wildman–Crippen MR) is 192 cm³/mol. The van der Waals surface area contributed by atoms with Gasteiger partial charge in [0.15, 0.2) is 0 Å². The van der Waals surface area contributed by atoms with Crippen LogP contribution in [0.5, 0.6) is 0 Å². The summed E-state index contributed by atoms with van der Waals surface area (Å²) in [6, 6.07) is 57.4. The molecule has 1 heterocycles. The summed E-state index contributed by atoms with van der Waals surface area (Å²) in [5.41, 5.74) is 6.75. The van der Waals surface area contributed by atoms with Crippen molar-refractivity contribution >= 4 is 75.8 Å². The van der Waals surface area contributed by atoms with Gasteiger partial charge in [-0.05, 0) is 106 Å². The lowest BCUT2D eigenvalue weighted by Crippen LogP contribution is -1.91. The highest BCUT2D eigenvalue weighted by molar-refractivity contribution is 6.23. The SMILES string of the molecule is c1ccc2cc3c(cc2c1)oc1cc(-c2c4ccccc4c(-c4ccc5ccc6ccccc6c5c4)c4ccccc24)ccc13. The van der Waals surface area contributed by atoms with E-state index in [1.807, 2.05) is 0 Å². The van der Waals surface area contributed by atoms with E-state index in [1.54, 1.807) is 0 Å². The van der Waals surface area contributed by atoms with Gasteiger partial charge in [0.2, 0.25) is 0 Å². The molecule has 0 fully saturated rings. The van der Waals surface area contributed by atoms with Gasteiger partial charge in [0, 0.05) is 10.8 Å². The van der Waals surface area contributed by atoms with Crippen molar-refractivity contribution in [3.05, 3.63) is 158 Å². The molecule has 0 unspecified atom stereocenters. The fraction of sp³-hybridized carbons (Fsp3) is 0. The highest BCUT2D eigenvalue weighted by Gasteiger charge is 2.18. The Labute approximate surface area is 259 Å². The topological polar surface area (TPSA) is 13.1 Å². The van der Waals surface area contributed by atoms with Crippen LogP contribution in [0.15, 0.2) is 162 Å². The Morgan fingerprint density at radius 3 is 1.40 bits per heavy atom. The van der Waals surface area contributed by atoms with E-state index in [0.717, 1.165) is 27.5 Å². The zero-order valence-corrected chi connectivity index (χ0v) is 24.4. The number of benzene rings is 9. The molecule has 1 aromatic heterocycles. The molecule has 208 valence electrons. The maximum Gasteiger partial charge on any atom is 0.136 e. The van der Waals surface area contributed by atoms with Gasteiger partial charge in [-0.25, -0.2) is 0 Å². The Kier molecular flexibility index (Phi) is 5.06. The van der Waals surface area contributed by atoms with E-state index in [-0.39, 0.29) is 0 Å². The molecule has 0 aliphatic heterocycles. The summed E-state index contributed by atoms with van der Waals surface area (Å²) < 4.78 is 6.52. The zero-order chi connectivity index (χ0) is 29.5. The maximum absolute atomic E-state index is 6.52. The average Bonchev–Trinajstić information content (AvgIpc) is 3.45. The summed E-state index contributed by atoms with van der Waals surface area (Å²) in [7, 11) is 0. The lowest BCUT2D eigenvalue weighted by molar-refractivity contribution is 0.669. The maximum atomic E-state index is 6.52. The second-order valence-electron chi connectivity index (χ2n) is 12.1. The molecule has 0 bridgehead atoms. The van der Waals surface area contributed by atoms with Gasteiger partial charge in [-0.2, -0.15) is 0 Å². The number of hydrogen-bond donors (Lipinski definition) is 0. The third-order valence-electron chi connectivity index (χ3n) is 9.60. The number of rotatable bonds is 2. The van der Waals surface area contributed by atoms with Gasteiger partial charge in [-0.3, -0.25) is 0 Å². The first kappa shape index (κ1) is 24.5. The molecular formula is C44H26O. The molecule has 0 amide bonds. The normalized spacial score (nSPS) is 12.0. The van der Waals surface area contributed by atoms with E-state index >= 15 is 0 Å². The van der Waals surface area contributed by atoms with Gasteiger partial charge >= 0.3 is 0 Å². The molecule has 0 aliphatic carbocycles. The average molecular weight is 571 g/mol. The van der Waals surface area contributed by atoms with Crippen LogP contribution >= 0.6 is 0 Å². The quantitative estimate of drug-likeness (QED) is 0.149. The van der Waals surface area contributed by atoms with Crippen molar-refractivity contribution in [1.82, 2.24) is 0 Å². The van der Waals surface area contributed by atoms with Crippen LogP contribution in [0.2, 0.25) is 0 Å². The molecule has 1 heteroatoms. The third-order valence-corrected chi connectivity index (χ3v) is 9.60. The summed E-state index contributed by atoms with van der Waals surface area (Å²) in [6.45, 7) is 0. The largest absolute Gasteiger partial charge is 0.456 e. The fourth-order valence-electron chi connectivity index (χ4n) is 7.53. The standard InChI is InChI=1S/C44H26O/c1-2-11-30-25-42-40(23-29(30)10-1)34-22-21-32(26-41(34)45-42)44-37-15-7-5-13-35(37)43(36-14-6-8-16-38(36)44)31-20-19-28-18-17-27-9-3-4-12-33(27)39(28)24-31/h1-26H. The van der Waals surface area contributed by atoms with Crippen LogP contribution in [0.1, 0.15) is 0 Å². The Bertz CT molecular complexity index is 2760. The molecule has 9 aromatic carbocycles.